The van der Waals surface area contributed by atoms with Crippen molar-refractivity contribution >= 4 is 57.9 Å². The first-order valence-electron chi connectivity index (χ1n) is 10.3. The largest absolute Gasteiger partial charge is 0.325 e. The Labute approximate surface area is 211 Å². The van der Waals surface area contributed by atoms with Gasteiger partial charge in [0.15, 0.2) is 11.0 Å². The SMILES string of the molecule is CCn1c(SCC(=O)Nc2ccc(Cl)c(Cl)c2)nnc1-c1csc(C)c1-c1ccc(C)cc1. The first-order chi connectivity index (χ1) is 15.9. The Morgan fingerprint density at radius 1 is 1.09 bits per heavy atom. The number of benzene rings is 2. The summed E-state index contributed by atoms with van der Waals surface area (Å²) in [6.45, 7) is 6.96. The molecule has 0 aliphatic heterocycles. The highest BCUT2D eigenvalue weighted by molar-refractivity contribution is 7.99. The van der Waals surface area contributed by atoms with Gasteiger partial charge >= 0.3 is 0 Å². The molecule has 9 heteroatoms. The number of anilines is 1. The van der Waals surface area contributed by atoms with Gasteiger partial charge in [-0.3, -0.25) is 4.79 Å². The molecule has 0 unspecified atom stereocenters. The number of carbonyl (C=O) groups is 1. The number of hydrogen-bond acceptors (Lipinski definition) is 5. The number of aromatic nitrogens is 3. The summed E-state index contributed by atoms with van der Waals surface area (Å²) in [4.78, 5) is 13.7. The van der Waals surface area contributed by atoms with Crippen LogP contribution in [-0.4, -0.2) is 26.4 Å². The molecule has 170 valence electrons. The third-order valence-electron chi connectivity index (χ3n) is 5.12. The molecule has 0 saturated heterocycles. The number of halogens is 2. The molecule has 2 aromatic carbocycles. The van der Waals surface area contributed by atoms with Gasteiger partial charge in [0.25, 0.3) is 0 Å². The maximum Gasteiger partial charge on any atom is 0.234 e. The van der Waals surface area contributed by atoms with E-state index in [1.54, 1.807) is 29.5 Å². The molecule has 4 aromatic rings. The number of nitrogens with one attached hydrogen (secondary N) is 1. The Morgan fingerprint density at radius 3 is 2.55 bits per heavy atom. The van der Waals surface area contributed by atoms with Gasteiger partial charge in [0.05, 0.1) is 15.8 Å². The number of thiophene rings is 1. The van der Waals surface area contributed by atoms with Crippen LogP contribution >= 0.6 is 46.3 Å². The zero-order valence-corrected chi connectivity index (χ0v) is 21.5. The van der Waals surface area contributed by atoms with E-state index in [0.717, 1.165) is 17.0 Å². The molecule has 2 aromatic heterocycles. The molecule has 0 aliphatic carbocycles. The average molecular weight is 518 g/mol. The number of rotatable bonds is 7. The van der Waals surface area contributed by atoms with E-state index in [9.17, 15) is 4.79 Å². The summed E-state index contributed by atoms with van der Waals surface area (Å²) in [6, 6.07) is 13.5. The number of thioether (sulfide) groups is 1. The van der Waals surface area contributed by atoms with Crippen LogP contribution in [0.4, 0.5) is 5.69 Å². The van der Waals surface area contributed by atoms with Crippen molar-refractivity contribution in [3.05, 3.63) is 68.3 Å². The van der Waals surface area contributed by atoms with Crippen molar-refractivity contribution in [1.29, 1.82) is 0 Å². The van der Waals surface area contributed by atoms with Gasteiger partial charge in [0.2, 0.25) is 5.91 Å². The second-order valence-electron chi connectivity index (χ2n) is 7.46. The van der Waals surface area contributed by atoms with E-state index >= 15 is 0 Å². The lowest BCUT2D eigenvalue weighted by atomic mass is 10.0. The molecule has 0 radical (unpaired) electrons. The van der Waals surface area contributed by atoms with Crippen LogP contribution in [0.1, 0.15) is 17.4 Å². The molecule has 0 fully saturated rings. The summed E-state index contributed by atoms with van der Waals surface area (Å²) in [6.07, 6.45) is 0. The molecular formula is C24H22Cl2N4OS2. The number of aryl methyl sites for hydroxylation is 2. The highest BCUT2D eigenvalue weighted by Gasteiger charge is 2.20. The normalized spacial score (nSPS) is 11.1. The molecule has 0 bridgehead atoms. The van der Waals surface area contributed by atoms with E-state index in [-0.39, 0.29) is 11.7 Å². The first-order valence-corrected chi connectivity index (χ1v) is 13.0. The minimum Gasteiger partial charge on any atom is -0.325 e. The lowest BCUT2D eigenvalue weighted by Gasteiger charge is -2.10. The average Bonchev–Trinajstić information content (AvgIpc) is 3.38. The van der Waals surface area contributed by atoms with E-state index in [1.165, 1.54) is 27.8 Å². The Bertz CT molecular complexity index is 1300. The summed E-state index contributed by atoms with van der Waals surface area (Å²) >= 11 is 15.0. The summed E-state index contributed by atoms with van der Waals surface area (Å²) in [5.74, 6) is 0.855. The minimum absolute atomic E-state index is 0.155. The smallest absolute Gasteiger partial charge is 0.234 e. The standard InChI is InChI=1S/C24H22Cl2N4OS2/c1-4-30-23(18-12-32-15(3)22(18)16-7-5-14(2)6-8-16)28-29-24(30)33-13-21(31)27-17-9-10-19(25)20(26)11-17/h5-12H,4,13H2,1-3H3,(H,27,31). The Balaban J connectivity index is 1.54. The zero-order chi connectivity index (χ0) is 23.5. The van der Waals surface area contributed by atoms with Crippen LogP contribution < -0.4 is 5.32 Å². The van der Waals surface area contributed by atoms with Crippen molar-refractivity contribution in [3.8, 4) is 22.5 Å². The number of hydrogen-bond donors (Lipinski definition) is 1. The maximum atomic E-state index is 12.5. The van der Waals surface area contributed by atoms with E-state index < -0.39 is 0 Å². The van der Waals surface area contributed by atoms with Gasteiger partial charge in [-0.15, -0.1) is 21.5 Å². The van der Waals surface area contributed by atoms with Crippen molar-refractivity contribution in [3.63, 3.8) is 0 Å². The summed E-state index contributed by atoms with van der Waals surface area (Å²) in [5, 5.41) is 15.4. The van der Waals surface area contributed by atoms with Gasteiger partial charge in [-0.25, -0.2) is 0 Å². The van der Waals surface area contributed by atoms with Crippen molar-refractivity contribution in [2.45, 2.75) is 32.5 Å². The van der Waals surface area contributed by atoms with Crippen molar-refractivity contribution in [2.24, 2.45) is 0 Å². The first kappa shape index (κ1) is 23.8. The van der Waals surface area contributed by atoms with Gasteiger partial charge in [-0.05, 0) is 44.5 Å². The molecule has 2 heterocycles. The molecule has 5 nitrogen and oxygen atoms in total. The minimum atomic E-state index is -0.155. The van der Waals surface area contributed by atoms with Gasteiger partial charge < -0.3 is 9.88 Å². The van der Waals surface area contributed by atoms with Gasteiger partial charge in [0.1, 0.15) is 0 Å². The molecule has 1 amide bonds. The second-order valence-corrected chi connectivity index (χ2v) is 10.3. The predicted octanol–water partition coefficient (Wildman–Crippen LogP) is 7.35. The zero-order valence-electron chi connectivity index (χ0n) is 18.4. The third kappa shape index (κ3) is 5.27. The number of nitrogens with zero attached hydrogens (tertiary/aromatic N) is 3. The fraction of sp³-hybridized carbons (Fsp3) is 0.208. The van der Waals surface area contributed by atoms with Crippen LogP contribution in [0.2, 0.25) is 10.0 Å². The van der Waals surface area contributed by atoms with E-state index in [1.807, 2.05) is 0 Å². The van der Waals surface area contributed by atoms with Crippen LogP contribution in [0.3, 0.4) is 0 Å². The predicted molar refractivity (Wildman–Crippen MR) is 140 cm³/mol. The number of amides is 1. The Morgan fingerprint density at radius 2 is 1.85 bits per heavy atom. The fourth-order valence-electron chi connectivity index (χ4n) is 3.48. The molecule has 0 spiro atoms. The van der Waals surface area contributed by atoms with Crippen molar-refractivity contribution in [2.75, 3.05) is 11.1 Å². The van der Waals surface area contributed by atoms with Crippen molar-refractivity contribution < 1.29 is 4.79 Å². The van der Waals surface area contributed by atoms with Gasteiger partial charge in [-0.2, -0.15) is 0 Å². The Hall–Kier alpha value is -2.32. The summed E-state index contributed by atoms with van der Waals surface area (Å²) < 4.78 is 2.05. The van der Waals surface area contributed by atoms with Crippen molar-refractivity contribution in [1.82, 2.24) is 14.8 Å². The molecule has 0 atom stereocenters. The number of carbonyl (C=O) groups excluding carboxylic acids is 1. The highest BCUT2D eigenvalue weighted by atomic mass is 35.5. The topological polar surface area (TPSA) is 59.8 Å². The molecule has 33 heavy (non-hydrogen) atoms. The van der Waals surface area contributed by atoms with Crippen LogP contribution in [-0.2, 0) is 11.3 Å². The van der Waals surface area contributed by atoms with Crippen LogP contribution in [0.5, 0.6) is 0 Å². The lowest BCUT2D eigenvalue weighted by Crippen LogP contribution is -2.14. The molecular weight excluding hydrogens is 495 g/mol. The van der Waals surface area contributed by atoms with E-state index in [0.29, 0.717) is 27.4 Å². The maximum absolute atomic E-state index is 12.5. The molecule has 0 saturated carbocycles. The van der Waals surface area contributed by atoms with Gasteiger partial charge in [-0.1, -0.05) is 64.8 Å². The summed E-state index contributed by atoms with van der Waals surface area (Å²) in [7, 11) is 0. The summed E-state index contributed by atoms with van der Waals surface area (Å²) in [5.41, 5.74) is 5.22. The lowest BCUT2D eigenvalue weighted by molar-refractivity contribution is -0.113. The van der Waals surface area contributed by atoms with E-state index in [2.05, 4.69) is 70.5 Å². The van der Waals surface area contributed by atoms with Crippen LogP contribution in [0.25, 0.3) is 22.5 Å². The van der Waals surface area contributed by atoms with E-state index in [4.69, 9.17) is 23.2 Å². The third-order valence-corrected chi connectivity index (χ3v) is 7.74. The second kappa shape index (κ2) is 10.3. The molecule has 0 aliphatic rings. The monoisotopic (exact) mass is 516 g/mol. The fourth-order valence-corrected chi connectivity index (χ4v) is 5.44. The van der Waals surface area contributed by atoms with Gasteiger partial charge in [0, 0.05) is 33.6 Å². The highest BCUT2D eigenvalue weighted by Crippen LogP contribution is 2.39. The molecule has 1 N–H and O–H groups in total. The Kier molecular flexibility index (Phi) is 7.44. The van der Waals surface area contributed by atoms with Crippen LogP contribution in [0.15, 0.2) is 53.0 Å². The molecule has 4 rings (SSSR count). The van der Waals surface area contributed by atoms with Crippen LogP contribution in [0, 0.1) is 13.8 Å². The quantitative estimate of drug-likeness (QED) is 0.261.